The van der Waals surface area contributed by atoms with Gasteiger partial charge in [-0.2, -0.15) is 0 Å². The Kier molecular flexibility index (Phi) is 4.04. The second-order valence-electron chi connectivity index (χ2n) is 2.94. The van der Waals surface area contributed by atoms with Gasteiger partial charge in [0.2, 0.25) is 5.91 Å². The lowest BCUT2D eigenvalue weighted by Crippen LogP contribution is -2.49. The molecule has 4 nitrogen and oxygen atoms in total. The van der Waals surface area contributed by atoms with E-state index in [4.69, 9.17) is 4.74 Å². The molecule has 0 aliphatic carbocycles. The maximum atomic E-state index is 11.0. The van der Waals surface area contributed by atoms with Gasteiger partial charge in [0.15, 0.2) is 0 Å². The monoisotopic (exact) mass is 172 g/mol. The molecular formula is C8H16N2O2. The summed E-state index contributed by atoms with van der Waals surface area (Å²) in [6.45, 7) is 4.72. The Bertz CT molecular complexity index is 146. The molecule has 1 heterocycles. The average Bonchev–Trinajstić information content (AvgIpc) is 1.98. The molecule has 0 aromatic heterocycles. The molecule has 1 saturated heterocycles. The van der Waals surface area contributed by atoms with E-state index in [1.165, 1.54) is 0 Å². The first kappa shape index (κ1) is 9.48. The zero-order valence-corrected chi connectivity index (χ0v) is 7.43. The number of ether oxygens (including phenoxy) is 1. The summed E-state index contributed by atoms with van der Waals surface area (Å²) in [4.78, 5) is 11.0. The van der Waals surface area contributed by atoms with Crippen LogP contribution in [0, 0.1) is 0 Å². The standard InChI is InChI=1S/C8H16N2O2/c1-2-3-10-8(11)6-12-7-4-9-5-7/h7,9H,2-6H2,1H3,(H,10,11). The Morgan fingerprint density at radius 1 is 1.67 bits per heavy atom. The van der Waals surface area contributed by atoms with Crippen LogP contribution in [0.1, 0.15) is 13.3 Å². The first-order valence-electron chi connectivity index (χ1n) is 4.42. The van der Waals surface area contributed by atoms with E-state index in [1.807, 2.05) is 6.92 Å². The van der Waals surface area contributed by atoms with Crippen molar-refractivity contribution >= 4 is 5.91 Å². The highest BCUT2D eigenvalue weighted by molar-refractivity contribution is 5.77. The molecule has 0 aromatic carbocycles. The van der Waals surface area contributed by atoms with Crippen LogP contribution >= 0.6 is 0 Å². The summed E-state index contributed by atoms with van der Waals surface area (Å²) in [6, 6.07) is 0. The second kappa shape index (κ2) is 5.11. The molecule has 12 heavy (non-hydrogen) atoms. The van der Waals surface area contributed by atoms with E-state index in [-0.39, 0.29) is 18.6 Å². The van der Waals surface area contributed by atoms with Crippen molar-refractivity contribution in [3.05, 3.63) is 0 Å². The summed E-state index contributed by atoms with van der Waals surface area (Å²) in [6.07, 6.45) is 1.22. The molecule has 0 unspecified atom stereocenters. The van der Waals surface area contributed by atoms with Gasteiger partial charge in [-0.25, -0.2) is 0 Å². The smallest absolute Gasteiger partial charge is 0.246 e. The molecule has 2 N–H and O–H groups in total. The van der Waals surface area contributed by atoms with Crippen molar-refractivity contribution in [3.63, 3.8) is 0 Å². The number of hydrogen-bond donors (Lipinski definition) is 2. The first-order chi connectivity index (χ1) is 5.83. The maximum Gasteiger partial charge on any atom is 0.246 e. The van der Waals surface area contributed by atoms with Gasteiger partial charge in [0, 0.05) is 19.6 Å². The fourth-order valence-corrected chi connectivity index (χ4v) is 0.889. The van der Waals surface area contributed by atoms with Crippen molar-refractivity contribution in [3.8, 4) is 0 Å². The number of amides is 1. The molecular weight excluding hydrogens is 156 g/mol. The number of rotatable bonds is 5. The molecule has 70 valence electrons. The SMILES string of the molecule is CCCNC(=O)COC1CNC1. The third-order valence-electron chi connectivity index (χ3n) is 1.77. The lowest BCUT2D eigenvalue weighted by atomic mass is 10.2. The molecule has 0 spiro atoms. The number of hydrogen-bond acceptors (Lipinski definition) is 3. The Morgan fingerprint density at radius 3 is 2.92 bits per heavy atom. The Hall–Kier alpha value is -0.610. The van der Waals surface area contributed by atoms with E-state index >= 15 is 0 Å². The van der Waals surface area contributed by atoms with E-state index in [9.17, 15) is 4.79 Å². The van der Waals surface area contributed by atoms with E-state index in [0.29, 0.717) is 0 Å². The van der Waals surface area contributed by atoms with Gasteiger partial charge in [-0.15, -0.1) is 0 Å². The molecule has 0 aromatic rings. The van der Waals surface area contributed by atoms with Crippen molar-refractivity contribution in [1.82, 2.24) is 10.6 Å². The highest BCUT2D eigenvalue weighted by atomic mass is 16.5. The summed E-state index contributed by atoms with van der Waals surface area (Å²) in [5.74, 6) is -0.0104. The van der Waals surface area contributed by atoms with E-state index in [0.717, 1.165) is 26.1 Å². The second-order valence-corrected chi connectivity index (χ2v) is 2.94. The van der Waals surface area contributed by atoms with Gasteiger partial charge in [-0.3, -0.25) is 4.79 Å². The topological polar surface area (TPSA) is 50.4 Å². The van der Waals surface area contributed by atoms with E-state index < -0.39 is 0 Å². The van der Waals surface area contributed by atoms with E-state index in [1.54, 1.807) is 0 Å². The van der Waals surface area contributed by atoms with Crippen LogP contribution in [0.3, 0.4) is 0 Å². The largest absolute Gasteiger partial charge is 0.366 e. The molecule has 4 heteroatoms. The number of nitrogens with one attached hydrogen (secondary N) is 2. The molecule has 1 rings (SSSR count). The van der Waals surface area contributed by atoms with Crippen LogP contribution in [-0.4, -0.2) is 38.3 Å². The van der Waals surface area contributed by atoms with Crippen molar-refractivity contribution in [2.45, 2.75) is 19.4 Å². The van der Waals surface area contributed by atoms with Crippen molar-refractivity contribution < 1.29 is 9.53 Å². The molecule has 0 atom stereocenters. The fourth-order valence-electron chi connectivity index (χ4n) is 0.889. The van der Waals surface area contributed by atoms with Crippen molar-refractivity contribution in [2.75, 3.05) is 26.2 Å². The summed E-state index contributed by atoms with van der Waals surface area (Å²) in [5.41, 5.74) is 0. The molecule has 1 amide bonds. The minimum atomic E-state index is -0.0104. The van der Waals surface area contributed by atoms with Gasteiger partial charge in [0.05, 0.1) is 6.10 Å². The van der Waals surface area contributed by atoms with Gasteiger partial charge in [0.1, 0.15) is 6.61 Å². The van der Waals surface area contributed by atoms with Crippen molar-refractivity contribution in [2.24, 2.45) is 0 Å². The highest BCUT2D eigenvalue weighted by Crippen LogP contribution is 1.96. The fraction of sp³-hybridized carbons (Fsp3) is 0.875. The molecule has 0 saturated carbocycles. The third-order valence-corrected chi connectivity index (χ3v) is 1.77. The lowest BCUT2D eigenvalue weighted by Gasteiger charge is -2.26. The molecule has 1 aliphatic rings. The zero-order chi connectivity index (χ0) is 8.81. The number of carbonyl (C=O) groups excluding carboxylic acids is 1. The van der Waals surface area contributed by atoms with Crippen LogP contribution in [0.25, 0.3) is 0 Å². The third kappa shape index (κ3) is 3.19. The van der Waals surface area contributed by atoms with Crippen LogP contribution in [0.2, 0.25) is 0 Å². The van der Waals surface area contributed by atoms with Gasteiger partial charge >= 0.3 is 0 Å². The van der Waals surface area contributed by atoms with E-state index in [2.05, 4.69) is 10.6 Å². The molecule has 1 fully saturated rings. The Balaban J connectivity index is 1.94. The van der Waals surface area contributed by atoms with Gasteiger partial charge in [-0.05, 0) is 6.42 Å². The summed E-state index contributed by atoms with van der Waals surface area (Å²) in [7, 11) is 0. The van der Waals surface area contributed by atoms with Gasteiger partial charge < -0.3 is 15.4 Å². The van der Waals surface area contributed by atoms with Gasteiger partial charge in [0.25, 0.3) is 0 Å². The summed E-state index contributed by atoms with van der Waals surface area (Å²) < 4.78 is 5.26. The van der Waals surface area contributed by atoms with Gasteiger partial charge in [-0.1, -0.05) is 6.92 Å². The normalized spacial score (nSPS) is 17.1. The average molecular weight is 172 g/mol. The van der Waals surface area contributed by atoms with Crippen LogP contribution < -0.4 is 10.6 Å². The minimum Gasteiger partial charge on any atom is -0.366 e. The predicted octanol–water partition coefficient (Wildman–Crippen LogP) is -0.499. The van der Waals surface area contributed by atoms with Crippen molar-refractivity contribution in [1.29, 1.82) is 0 Å². The Labute approximate surface area is 72.7 Å². The summed E-state index contributed by atoms with van der Waals surface area (Å²) >= 11 is 0. The minimum absolute atomic E-state index is 0.0104. The lowest BCUT2D eigenvalue weighted by molar-refractivity contribution is -0.128. The molecule has 0 radical (unpaired) electrons. The maximum absolute atomic E-state index is 11.0. The predicted molar refractivity (Wildman–Crippen MR) is 45.9 cm³/mol. The summed E-state index contributed by atoms with van der Waals surface area (Å²) in [5, 5.41) is 5.82. The van der Waals surface area contributed by atoms with Crippen LogP contribution in [-0.2, 0) is 9.53 Å². The molecule has 0 bridgehead atoms. The quantitative estimate of drug-likeness (QED) is 0.588. The zero-order valence-electron chi connectivity index (χ0n) is 7.43. The number of carbonyl (C=O) groups is 1. The van der Waals surface area contributed by atoms with Crippen LogP contribution in [0.5, 0.6) is 0 Å². The Morgan fingerprint density at radius 2 is 2.42 bits per heavy atom. The van der Waals surface area contributed by atoms with Crippen LogP contribution in [0.4, 0.5) is 0 Å². The first-order valence-corrected chi connectivity index (χ1v) is 4.42. The van der Waals surface area contributed by atoms with Crippen LogP contribution in [0.15, 0.2) is 0 Å². The molecule has 1 aliphatic heterocycles. The highest BCUT2D eigenvalue weighted by Gasteiger charge is 2.17.